The average molecular weight is 367 g/mol. The number of aliphatic hydroxyl groups is 1. The zero-order chi connectivity index (χ0) is 18.8. The van der Waals surface area contributed by atoms with Crippen LogP contribution in [0.1, 0.15) is 56.8 Å². The van der Waals surface area contributed by atoms with Crippen molar-refractivity contribution in [3.63, 3.8) is 0 Å². The Morgan fingerprint density at radius 2 is 2.07 bits per heavy atom. The maximum Gasteiger partial charge on any atom is 0.224 e. The van der Waals surface area contributed by atoms with E-state index in [2.05, 4.69) is 22.2 Å². The first-order chi connectivity index (χ1) is 12.8. The van der Waals surface area contributed by atoms with Crippen LogP contribution < -0.4 is 5.32 Å². The topological polar surface area (TPSA) is 78.0 Å². The van der Waals surface area contributed by atoms with Gasteiger partial charge >= 0.3 is 0 Å². The second kappa shape index (κ2) is 5.81. The minimum atomic E-state index is -0.480. The zero-order valence-electron chi connectivity index (χ0n) is 16.2. The Bertz CT molecular complexity index is 888. The maximum atomic E-state index is 12.7. The fourth-order valence-corrected chi connectivity index (χ4v) is 6.72. The number of nitrogens with zero attached hydrogens (tertiary/aromatic N) is 1. The van der Waals surface area contributed by atoms with Gasteiger partial charge in [0.25, 0.3) is 0 Å². The van der Waals surface area contributed by atoms with Crippen LogP contribution in [-0.4, -0.2) is 32.6 Å². The van der Waals surface area contributed by atoms with E-state index in [-0.39, 0.29) is 17.4 Å². The Morgan fingerprint density at radius 3 is 2.78 bits per heavy atom. The molecule has 0 spiro atoms. The van der Waals surface area contributed by atoms with Gasteiger partial charge in [0.1, 0.15) is 5.82 Å². The summed E-state index contributed by atoms with van der Waals surface area (Å²) in [5.74, 6) is 2.24. The second-order valence-corrected chi connectivity index (χ2v) is 9.69. The number of aryl methyl sites for hydroxylation is 1. The third kappa shape index (κ3) is 2.96. The molecule has 1 heterocycles. The summed E-state index contributed by atoms with van der Waals surface area (Å²) >= 11 is 0. The van der Waals surface area contributed by atoms with Gasteiger partial charge in [-0.2, -0.15) is 0 Å². The van der Waals surface area contributed by atoms with Crippen LogP contribution in [0, 0.1) is 24.2 Å². The molecule has 5 heteroatoms. The number of carbonyl (C=O) groups excluding carboxylic acids is 1. The molecule has 2 aromatic rings. The highest BCUT2D eigenvalue weighted by molar-refractivity contribution is 5.82. The van der Waals surface area contributed by atoms with Crippen molar-refractivity contribution in [1.82, 2.24) is 15.3 Å². The van der Waals surface area contributed by atoms with Crippen LogP contribution in [0.4, 0.5) is 0 Å². The Morgan fingerprint density at radius 1 is 1.33 bits per heavy atom. The molecule has 4 aliphatic carbocycles. The van der Waals surface area contributed by atoms with Crippen molar-refractivity contribution in [3.05, 3.63) is 29.6 Å². The van der Waals surface area contributed by atoms with Crippen LogP contribution in [0.2, 0.25) is 0 Å². The molecule has 27 heavy (non-hydrogen) atoms. The van der Waals surface area contributed by atoms with Crippen molar-refractivity contribution in [1.29, 1.82) is 0 Å². The third-order valence-corrected chi connectivity index (χ3v) is 7.40. The monoisotopic (exact) mass is 367 g/mol. The van der Waals surface area contributed by atoms with Crippen molar-refractivity contribution in [2.75, 3.05) is 0 Å². The minimum absolute atomic E-state index is 0.0702. The molecule has 3 N–H and O–H groups in total. The highest BCUT2D eigenvalue weighted by atomic mass is 16.3. The van der Waals surface area contributed by atoms with Gasteiger partial charge in [0, 0.05) is 6.04 Å². The number of aromatic amines is 1. The zero-order valence-corrected chi connectivity index (χ0v) is 16.2. The first-order valence-electron chi connectivity index (χ1n) is 10.3. The molecule has 1 aromatic heterocycles. The van der Waals surface area contributed by atoms with E-state index >= 15 is 0 Å². The highest BCUT2D eigenvalue weighted by Crippen LogP contribution is 2.62. The highest BCUT2D eigenvalue weighted by Gasteiger charge is 2.58. The number of benzene rings is 1. The van der Waals surface area contributed by atoms with Crippen LogP contribution >= 0.6 is 0 Å². The summed E-state index contributed by atoms with van der Waals surface area (Å²) in [7, 11) is 0. The predicted octanol–water partition coefficient (Wildman–Crippen LogP) is 3.25. The number of nitrogens with one attached hydrogen (secondary N) is 2. The molecule has 0 saturated heterocycles. The summed E-state index contributed by atoms with van der Waals surface area (Å²) in [6.45, 7) is 4.09. The third-order valence-electron chi connectivity index (χ3n) is 7.40. The average Bonchev–Trinajstić information content (AvgIpc) is 2.91. The lowest BCUT2D eigenvalue weighted by Crippen LogP contribution is -2.61. The normalized spacial score (nSPS) is 35.5. The number of H-pyrrole nitrogens is 1. The van der Waals surface area contributed by atoms with Crippen molar-refractivity contribution in [2.24, 2.45) is 17.3 Å². The fraction of sp³-hybridized carbons (Fsp3) is 0.636. The number of aromatic nitrogens is 2. The fourth-order valence-electron chi connectivity index (χ4n) is 6.72. The van der Waals surface area contributed by atoms with Crippen LogP contribution in [-0.2, 0) is 11.2 Å². The Balaban J connectivity index is 1.29. The molecule has 4 aliphatic rings. The molecule has 1 amide bonds. The van der Waals surface area contributed by atoms with E-state index in [9.17, 15) is 9.90 Å². The molecule has 5 nitrogen and oxygen atoms in total. The molecule has 0 aliphatic heterocycles. The van der Waals surface area contributed by atoms with Crippen LogP contribution in [0.3, 0.4) is 0 Å². The van der Waals surface area contributed by atoms with E-state index in [0.29, 0.717) is 18.3 Å². The lowest BCUT2D eigenvalue weighted by atomic mass is 9.46. The number of carbonyl (C=O) groups is 1. The van der Waals surface area contributed by atoms with Gasteiger partial charge in [-0.05, 0) is 87.3 Å². The number of hydrogen-bond donors (Lipinski definition) is 3. The van der Waals surface area contributed by atoms with E-state index in [1.165, 1.54) is 6.42 Å². The number of hydrogen-bond acceptors (Lipinski definition) is 3. The molecule has 6 rings (SSSR count). The van der Waals surface area contributed by atoms with Crippen LogP contribution in [0.5, 0.6) is 0 Å². The van der Waals surface area contributed by atoms with Gasteiger partial charge < -0.3 is 15.4 Å². The van der Waals surface area contributed by atoms with Gasteiger partial charge in [0.2, 0.25) is 5.91 Å². The van der Waals surface area contributed by atoms with Gasteiger partial charge in [-0.3, -0.25) is 4.79 Å². The molecule has 4 fully saturated rings. The molecule has 3 atom stereocenters. The van der Waals surface area contributed by atoms with Crippen molar-refractivity contribution in [3.8, 4) is 0 Å². The van der Waals surface area contributed by atoms with Crippen molar-refractivity contribution < 1.29 is 9.90 Å². The van der Waals surface area contributed by atoms with E-state index < -0.39 is 5.60 Å². The van der Waals surface area contributed by atoms with Crippen molar-refractivity contribution in [2.45, 2.75) is 70.4 Å². The van der Waals surface area contributed by atoms with Crippen LogP contribution in [0.15, 0.2) is 18.2 Å². The molecule has 0 radical (unpaired) electrons. The molecule has 0 unspecified atom stereocenters. The van der Waals surface area contributed by atoms with Gasteiger partial charge in [-0.25, -0.2) is 4.98 Å². The molecule has 4 saturated carbocycles. The molecule has 1 aromatic carbocycles. The molecule has 144 valence electrons. The summed E-state index contributed by atoms with van der Waals surface area (Å²) in [5, 5.41) is 14.2. The van der Waals surface area contributed by atoms with E-state index in [1.54, 1.807) is 0 Å². The quantitative estimate of drug-likeness (QED) is 0.776. The summed E-state index contributed by atoms with van der Waals surface area (Å²) in [6.07, 6.45) is 6.76. The first kappa shape index (κ1) is 17.2. The predicted molar refractivity (Wildman–Crippen MR) is 104 cm³/mol. The molecular weight excluding hydrogens is 338 g/mol. The number of fused-ring (bicyclic) bond motifs is 1. The van der Waals surface area contributed by atoms with E-state index in [0.717, 1.165) is 54.5 Å². The Labute approximate surface area is 160 Å². The summed E-state index contributed by atoms with van der Waals surface area (Å²) < 4.78 is 0. The Hall–Kier alpha value is -1.88. The largest absolute Gasteiger partial charge is 0.390 e. The van der Waals surface area contributed by atoms with Gasteiger partial charge in [-0.1, -0.05) is 6.07 Å². The molecular formula is C22H29N3O2. The van der Waals surface area contributed by atoms with Gasteiger partial charge in [0.05, 0.1) is 23.1 Å². The van der Waals surface area contributed by atoms with Gasteiger partial charge in [0.15, 0.2) is 0 Å². The molecule has 4 bridgehead atoms. The lowest BCUT2D eigenvalue weighted by molar-refractivity contribution is -0.173. The minimum Gasteiger partial charge on any atom is -0.390 e. The summed E-state index contributed by atoms with van der Waals surface area (Å²) in [5.41, 5.74) is 2.52. The summed E-state index contributed by atoms with van der Waals surface area (Å²) in [6, 6.07) is 6.09. The SMILES string of the molecule is Cc1nc2ccc(CC(=O)N[C@@H](C)C34C[C@H]5C[C@@H](CC(O)(C5)C3)C4)cc2[nH]1. The number of rotatable bonds is 4. The van der Waals surface area contributed by atoms with Crippen molar-refractivity contribution >= 4 is 16.9 Å². The number of amides is 1. The number of imidazole rings is 1. The standard InChI is InChI=1S/C22H29N3O2/c1-13(21-8-16-5-17(9-21)11-22(27,10-16)12-21)23-20(26)7-15-3-4-18-19(6-15)25-14(2)24-18/h3-4,6,13,16-17,27H,5,7-12H2,1-2H3,(H,23,26)(H,24,25)/t13-,16+,17+,21?,22?/m0/s1. The van der Waals surface area contributed by atoms with E-state index in [1.807, 2.05) is 25.1 Å². The lowest BCUT2D eigenvalue weighted by Gasteiger charge is -2.62. The van der Waals surface area contributed by atoms with E-state index in [4.69, 9.17) is 0 Å². The first-order valence-corrected chi connectivity index (χ1v) is 10.3. The maximum absolute atomic E-state index is 12.7. The Kier molecular flexibility index (Phi) is 3.71. The summed E-state index contributed by atoms with van der Waals surface area (Å²) in [4.78, 5) is 20.4. The second-order valence-electron chi connectivity index (χ2n) is 9.69. The van der Waals surface area contributed by atoms with Crippen LogP contribution in [0.25, 0.3) is 11.0 Å². The smallest absolute Gasteiger partial charge is 0.224 e. The van der Waals surface area contributed by atoms with Gasteiger partial charge in [-0.15, -0.1) is 0 Å².